The summed E-state index contributed by atoms with van der Waals surface area (Å²) in [5.74, 6) is -0.0988. The third-order valence-electron chi connectivity index (χ3n) is 6.38. The molecule has 0 atom stereocenters. The molecule has 28 heavy (non-hydrogen) atoms. The first-order valence-corrected chi connectivity index (χ1v) is 10.9. The maximum atomic E-state index is 12.8. The van der Waals surface area contributed by atoms with Crippen molar-refractivity contribution >= 4 is 12.0 Å². The number of ether oxygens (including phenoxy) is 1. The zero-order valence-corrected chi connectivity index (χ0v) is 17.1. The molecule has 1 saturated heterocycles. The maximum absolute atomic E-state index is 12.8. The van der Waals surface area contributed by atoms with Gasteiger partial charge in [-0.1, -0.05) is 49.6 Å². The van der Waals surface area contributed by atoms with Crippen LogP contribution in [0.1, 0.15) is 63.9 Å². The van der Waals surface area contributed by atoms with E-state index in [-0.39, 0.29) is 12.0 Å². The maximum Gasteiger partial charge on any atom is 0.317 e. The van der Waals surface area contributed by atoms with Crippen molar-refractivity contribution in [3.8, 4) is 0 Å². The van der Waals surface area contributed by atoms with Crippen LogP contribution in [0.5, 0.6) is 0 Å². The molecule has 1 aromatic rings. The van der Waals surface area contributed by atoms with Gasteiger partial charge in [-0.25, -0.2) is 4.79 Å². The number of nitrogens with zero attached hydrogens (tertiary/aromatic N) is 1. The molecule has 3 rings (SSSR count). The Morgan fingerprint density at radius 3 is 2.43 bits per heavy atom. The van der Waals surface area contributed by atoms with Crippen LogP contribution >= 0.6 is 0 Å². The fraction of sp³-hybridized carbons (Fsp3) is 0.652. The normalized spacial score (nSPS) is 19.8. The minimum Gasteiger partial charge on any atom is -0.466 e. The smallest absolute Gasteiger partial charge is 0.317 e. The minimum atomic E-state index is -0.479. The topological polar surface area (TPSA) is 58.6 Å². The molecule has 2 aliphatic rings. The van der Waals surface area contributed by atoms with E-state index in [1.807, 2.05) is 30.0 Å². The lowest BCUT2D eigenvalue weighted by atomic mass is 9.74. The molecule has 1 saturated carbocycles. The second-order valence-electron chi connectivity index (χ2n) is 8.26. The first-order valence-electron chi connectivity index (χ1n) is 10.9. The second kappa shape index (κ2) is 9.94. The minimum absolute atomic E-state index is 0.0346. The highest BCUT2D eigenvalue weighted by molar-refractivity contribution is 5.78. The van der Waals surface area contributed by atoms with E-state index in [4.69, 9.17) is 4.74 Å². The first-order chi connectivity index (χ1) is 13.6. The highest BCUT2D eigenvalue weighted by Gasteiger charge is 2.43. The van der Waals surface area contributed by atoms with Gasteiger partial charge >= 0.3 is 12.0 Å². The molecular formula is C23H34N2O3. The molecule has 1 aromatic carbocycles. The number of aryl methyl sites for hydroxylation is 1. The highest BCUT2D eigenvalue weighted by atomic mass is 16.5. The number of benzene rings is 1. The van der Waals surface area contributed by atoms with Gasteiger partial charge in [0.25, 0.3) is 0 Å². The van der Waals surface area contributed by atoms with Crippen LogP contribution < -0.4 is 5.32 Å². The number of rotatable bonds is 6. The molecule has 5 heteroatoms. The van der Waals surface area contributed by atoms with E-state index in [1.54, 1.807) is 0 Å². The van der Waals surface area contributed by atoms with Gasteiger partial charge < -0.3 is 15.0 Å². The van der Waals surface area contributed by atoms with Crippen molar-refractivity contribution < 1.29 is 14.3 Å². The molecule has 0 radical (unpaired) electrons. The van der Waals surface area contributed by atoms with E-state index in [0.717, 1.165) is 25.7 Å². The predicted molar refractivity (Wildman–Crippen MR) is 110 cm³/mol. The van der Waals surface area contributed by atoms with Crippen LogP contribution in [0.3, 0.4) is 0 Å². The van der Waals surface area contributed by atoms with Gasteiger partial charge in [0.1, 0.15) is 0 Å². The summed E-state index contributed by atoms with van der Waals surface area (Å²) in [6, 6.07) is 10.6. The number of carbonyl (C=O) groups is 2. The Hall–Kier alpha value is -2.04. The number of urea groups is 1. The van der Waals surface area contributed by atoms with Gasteiger partial charge in [0.15, 0.2) is 0 Å². The average Bonchev–Trinajstić information content (AvgIpc) is 2.74. The van der Waals surface area contributed by atoms with Crippen LogP contribution in [0.15, 0.2) is 30.3 Å². The number of amides is 2. The van der Waals surface area contributed by atoms with Gasteiger partial charge in [0, 0.05) is 19.1 Å². The highest BCUT2D eigenvalue weighted by Crippen LogP contribution is 2.38. The fourth-order valence-corrected chi connectivity index (χ4v) is 4.52. The number of carbonyl (C=O) groups excluding carboxylic acids is 2. The summed E-state index contributed by atoms with van der Waals surface area (Å²) in [7, 11) is 0. The van der Waals surface area contributed by atoms with E-state index in [9.17, 15) is 9.59 Å². The lowest BCUT2D eigenvalue weighted by Crippen LogP contribution is -2.52. The van der Waals surface area contributed by atoms with Crippen molar-refractivity contribution in [3.63, 3.8) is 0 Å². The van der Waals surface area contributed by atoms with Crippen LogP contribution in [0.2, 0.25) is 0 Å². The predicted octanol–water partition coefficient (Wildman–Crippen LogP) is 4.31. The Kier molecular flexibility index (Phi) is 7.35. The van der Waals surface area contributed by atoms with E-state index < -0.39 is 5.41 Å². The molecule has 2 amide bonds. The molecule has 0 bridgehead atoms. The Bertz CT molecular complexity index is 633. The van der Waals surface area contributed by atoms with Crippen molar-refractivity contribution in [2.75, 3.05) is 19.7 Å². The molecule has 0 aromatic heterocycles. The van der Waals surface area contributed by atoms with Crippen LogP contribution in [-0.4, -0.2) is 42.6 Å². The fourth-order valence-electron chi connectivity index (χ4n) is 4.52. The molecule has 1 heterocycles. The van der Waals surface area contributed by atoms with Crippen LogP contribution in [-0.2, 0) is 16.0 Å². The number of hydrogen-bond donors (Lipinski definition) is 1. The van der Waals surface area contributed by atoms with Crippen LogP contribution in [0, 0.1) is 5.41 Å². The average molecular weight is 387 g/mol. The molecule has 154 valence electrons. The summed E-state index contributed by atoms with van der Waals surface area (Å²) in [5.41, 5.74) is 0.761. The van der Waals surface area contributed by atoms with E-state index in [0.29, 0.717) is 38.6 Å². The summed E-state index contributed by atoms with van der Waals surface area (Å²) in [6.07, 6.45) is 8.84. The lowest BCUT2D eigenvalue weighted by Gasteiger charge is -2.40. The molecular weight excluding hydrogens is 352 g/mol. The Balaban J connectivity index is 1.58. The number of hydrogen-bond acceptors (Lipinski definition) is 3. The molecule has 0 spiro atoms. The zero-order valence-electron chi connectivity index (χ0n) is 17.1. The summed E-state index contributed by atoms with van der Waals surface area (Å²) in [6.45, 7) is 3.49. The quantitative estimate of drug-likeness (QED) is 0.741. The third kappa shape index (κ3) is 5.27. The van der Waals surface area contributed by atoms with Gasteiger partial charge in [-0.15, -0.1) is 0 Å². The van der Waals surface area contributed by atoms with Crippen LogP contribution in [0.25, 0.3) is 0 Å². The molecule has 1 aliphatic carbocycles. The van der Waals surface area contributed by atoms with Crippen molar-refractivity contribution in [1.82, 2.24) is 10.2 Å². The van der Waals surface area contributed by atoms with Crippen molar-refractivity contribution in [1.29, 1.82) is 0 Å². The molecule has 1 aliphatic heterocycles. The monoisotopic (exact) mass is 386 g/mol. The van der Waals surface area contributed by atoms with E-state index in [1.165, 1.54) is 24.8 Å². The van der Waals surface area contributed by atoms with Gasteiger partial charge in [-0.05, 0) is 51.0 Å². The Morgan fingerprint density at radius 2 is 1.79 bits per heavy atom. The second-order valence-corrected chi connectivity index (χ2v) is 8.26. The molecule has 2 fully saturated rings. The van der Waals surface area contributed by atoms with E-state index in [2.05, 4.69) is 17.4 Å². The first kappa shape index (κ1) is 20.7. The largest absolute Gasteiger partial charge is 0.466 e. The number of piperidine rings is 1. The van der Waals surface area contributed by atoms with Crippen molar-refractivity contribution in [2.45, 2.75) is 70.8 Å². The summed E-state index contributed by atoms with van der Waals surface area (Å²) in [5, 5.41) is 3.20. The zero-order chi connectivity index (χ0) is 19.8. The molecule has 0 unspecified atom stereocenters. The standard InChI is InChI=1S/C23H34N2O3/c1-2-28-21(26)23(14-13-19-9-5-3-6-10-19)15-17-25(18-16-23)22(27)24-20-11-7-4-8-12-20/h3,5-6,9-10,20H,2,4,7-8,11-18H2,1H3,(H,24,27). The molecule has 1 N–H and O–H groups in total. The van der Waals surface area contributed by atoms with Gasteiger partial charge in [-0.3, -0.25) is 4.79 Å². The van der Waals surface area contributed by atoms with Gasteiger partial charge in [0.05, 0.1) is 12.0 Å². The van der Waals surface area contributed by atoms with Gasteiger partial charge in [-0.2, -0.15) is 0 Å². The number of esters is 1. The lowest BCUT2D eigenvalue weighted by molar-refractivity contribution is -0.158. The Labute approximate surface area is 168 Å². The van der Waals surface area contributed by atoms with Gasteiger partial charge in [0.2, 0.25) is 0 Å². The van der Waals surface area contributed by atoms with Crippen molar-refractivity contribution in [2.24, 2.45) is 5.41 Å². The summed E-state index contributed by atoms with van der Waals surface area (Å²) >= 11 is 0. The molecule has 5 nitrogen and oxygen atoms in total. The van der Waals surface area contributed by atoms with Crippen LogP contribution in [0.4, 0.5) is 4.79 Å². The van der Waals surface area contributed by atoms with Crippen molar-refractivity contribution in [3.05, 3.63) is 35.9 Å². The summed E-state index contributed by atoms with van der Waals surface area (Å²) in [4.78, 5) is 27.3. The Morgan fingerprint density at radius 1 is 1.11 bits per heavy atom. The number of nitrogens with one attached hydrogen (secondary N) is 1. The third-order valence-corrected chi connectivity index (χ3v) is 6.38. The summed E-state index contributed by atoms with van der Waals surface area (Å²) < 4.78 is 5.43. The SMILES string of the molecule is CCOC(=O)C1(CCc2ccccc2)CCN(C(=O)NC2CCCCC2)CC1. The number of likely N-dealkylation sites (tertiary alicyclic amines) is 1. The van der Waals surface area contributed by atoms with E-state index >= 15 is 0 Å².